The van der Waals surface area contributed by atoms with Gasteiger partial charge >= 0.3 is 0 Å². The Hall–Kier alpha value is -1.93. The lowest BCUT2D eigenvalue weighted by molar-refractivity contribution is 0.597. The van der Waals surface area contributed by atoms with E-state index >= 15 is 0 Å². The van der Waals surface area contributed by atoms with Crippen LogP contribution in [0.1, 0.15) is 5.56 Å². The smallest absolute Gasteiger partial charge is 0.187 e. The van der Waals surface area contributed by atoms with Crippen LogP contribution in [0.15, 0.2) is 52.8 Å². The van der Waals surface area contributed by atoms with Crippen molar-refractivity contribution in [3.05, 3.63) is 48.3 Å². The van der Waals surface area contributed by atoms with Crippen molar-refractivity contribution in [1.82, 2.24) is 9.97 Å². The first-order valence-corrected chi connectivity index (χ1v) is 8.70. The zero-order valence-corrected chi connectivity index (χ0v) is 12.7. The molecule has 1 heterocycles. The Kier molecular flexibility index (Phi) is 4.92. The molecule has 0 atom stereocenters. The summed E-state index contributed by atoms with van der Waals surface area (Å²) in [6.07, 6.45) is 3.22. The molecule has 0 amide bonds. The summed E-state index contributed by atoms with van der Waals surface area (Å²) in [7, 11) is -3.42. The molecule has 110 valence electrons. The number of sulfone groups is 1. The van der Waals surface area contributed by atoms with E-state index < -0.39 is 9.84 Å². The van der Waals surface area contributed by atoms with Crippen LogP contribution in [0.2, 0.25) is 0 Å². The molecule has 0 spiro atoms. The van der Waals surface area contributed by atoms with E-state index in [4.69, 9.17) is 11.1 Å². The van der Waals surface area contributed by atoms with Crippen LogP contribution in [0, 0.1) is 5.41 Å². The topological polar surface area (TPSA) is 110 Å². The summed E-state index contributed by atoms with van der Waals surface area (Å²) < 4.78 is 24.5. The van der Waals surface area contributed by atoms with Gasteiger partial charge in [-0.15, -0.1) is 0 Å². The molecule has 0 aliphatic carbocycles. The number of nitrogens with one attached hydrogen (secondary N) is 1. The maximum Gasteiger partial charge on any atom is 0.187 e. The summed E-state index contributed by atoms with van der Waals surface area (Å²) in [6, 6.07) is 7.81. The van der Waals surface area contributed by atoms with Gasteiger partial charge in [-0.2, -0.15) is 0 Å². The van der Waals surface area contributed by atoms with Gasteiger partial charge in [-0.1, -0.05) is 23.9 Å². The van der Waals surface area contributed by atoms with Crippen molar-refractivity contribution in [3.8, 4) is 0 Å². The minimum absolute atomic E-state index is 0.0305. The highest BCUT2D eigenvalue weighted by Crippen LogP contribution is 2.17. The lowest BCUT2D eigenvalue weighted by atomic mass is 10.2. The molecule has 0 fully saturated rings. The molecule has 0 aliphatic rings. The number of thioether (sulfide) groups is 1. The number of aromatic nitrogens is 2. The average Bonchev–Trinajstić information content (AvgIpc) is 2.48. The largest absolute Gasteiger partial charge is 0.384 e. The second-order valence-corrected chi connectivity index (χ2v) is 7.31. The van der Waals surface area contributed by atoms with Crippen LogP contribution in [0.5, 0.6) is 0 Å². The molecule has 0 radical (unpaired) electrons. The normalized spacial score (nSPS) is 11.2. The fraction of sp³-hybridized carbons (Fsp3) is 0.154. The van der Waals surface area contributed by atoms with Gasteiger partial charge < -0.3 is 5.73 Å². The van der Waals surface area contributed by atoms with Gasteiger partial charge in [-0.25, -0.2) is 18.4 Å². The van der Waals surface area contributed by atoms with Crippen LogP contribution < -0.4 is 5.73 Å². The molecule has 2 rings (SSSR count). The van der Waals surface area contributed by atoms with Crippen molar-refractivity contribution >= 4 is 27.4 Å². The van der Waals surface area contributed by atoms with E-state index in [-0.39, 0.29) is 16.5 Å². The Labute approximate surface area is 127 Å². The minimum Gasteiger partial charge on any atom is -0.384 e. The van der Waals surface area contributed by atoms with Crippen LogP contribution in [0.3, 0.4) is 0 Å². The maximum absolute atomic E-state index is 12.2. The number of benzene rings is 1. The van der Waals surface area contributed by atoms with Crippen molar-refractivity contribution in [1.29, 1.82) is 5.41 Å². The molecule has 2 aromatic rings. The molecule has 0 aliphatic heterocycles. The standard InChI is InChI=1S/C13H14N4O2S2/c14-12(15)10-3-1-4-11(9-10)21(18,19)8-7-20-13-16-5-2-6-17-13/h1-6,9H,7-8H2,(H3,14,15). The first-order valence-electron chi connectivity index (χ1n) is 6.06. The number of nitrogen functional groups attached to an aromatic ring is 1. The highest BCUT2D eigenvalue weighted by Gasteiger charge is 2.15. The fourth-order valence-corrected chi connectivity index (χ4v) is 4.07. The van der Waals surface area contributed by atoms with Crippen molar-refractivity contribution in [2.45, 2.75) is 10.1 Å². The van der Waals surface area contributed by atoms with Crippen LogP contribution in [0.4, 0.5) is 0 Å². The Bertz CT molecular complexity index is 733. The van der Waals surface area contributed by atoms with E-state index in [0.717, 1.165) is 0 Å². The van der Waals surface area contributed by atoms with E-state index in [9.17, 15) is 8.42 Å². The number of amidine groups is 1. The minimum atomic E-state index is -3.42. The molecule has 6 nitrogen and oxygen atoms in total. The first kappa shape index (κ1) is 15.5. The van der Waals surface area contributed by atoms with E-state index in [2.05, 4.69) is 9.97 Å². The van der Waals surface area contributed by atoms with Gasteiger partial charge in [0, 0.05) is 23.7 Å². The highest BCUT2D eigenvalue weighted by atomic mass is 32.2. The molecule has 1 aromatic heterocycles. The number of hydrogen-bond donors (Lipinski definition) is 2. The Morgan fingerprint density at radius 1 is 1.24 bits per heavy atom. The van der Waals surface area contributed by atoms with E-state index in [1.54, 1.807) is 30.6 Å². The SMILES string of the molecule is N=C(N)c1cccc(S(=O)(=O)CCSc2ncccn2)c1. The van der Waals surface area contributed by atoms with Gasteiger partial charge in [0.25, 0.3) is 0 Å². The van der Waals surface area contributed by atoms with Crippen molar-refractivity contribution in [2.75, 3.05) is 11.5 Å². The summed E-state index contributed by atoms with van der Waals surface area (Å²) in [5.41, 5.74) is 5.77. The summed E-state index contributed by atoms with van der Waals surface area (Å²) in [6.45, 7) is 0. The molecule has 1 aromatic carbocycles. The van der Waals surface area contributed by atoms with Gasteiger partial charge in [0.05, 0.1) is 10.6 Å². The van der Waals surface area contributed by atoms with E-state index in [1.165, 1.54) is 23.9 Å². The van der Waals surface area contributed by atoms with Gasteiger partial charge in [-0.3, -0.25) is 5.41 Å². The Balaban J connectivity index is 2.05. The lowest BCUT2D eigenvalue weighted by Crippen LogP contribution is -2.13. The Morgan fingerprint density at radius 3 is 2.62 bits per heavy atom. The summed E-state index contributed by atoms with van der Waals surface area (Å²) in [4.78, 5) is 8.21. The van der Waals surface area contributed by atoms with Crippen molar-refractivity contribution in [2.24, 2.45) is 5.73 Å². The average molecular weight is 322 g/mol. The third kappa shape index (κ3) is 4.27. The number of hydrogen-bond acceptors (Lipinski definition) is 6. The van der Waals surface area contributed by atoms with Gasteiger partial charge in [0.15, 0.2) is 15.0 Å². The van der Waals surface area contributed by atoms with Crippen molar-refractivity contribution in [3.63, 3.8) is 0 Å². The highest BCUT2D eigenvalue weighted by molar-refractivity contribution is 8.00. The second kappa shape index (κ2) is 6.68. The van der Waals surface area contributed by atoms with Gasteiger partial charge in [-0.05, 0) is 18.2 Å². The molecule has 8 heteroatoms. The Morgan fingerprint density at radius 2 is 1.95 bits per heavy atom. The monoisotopic (exact) mass is 322 g/mol. The zero-order chi connectivity index (χ0) is 15.3. The van der Waals surface area contributed by atoms with Gasteiger partial charge in [0.1, 0.15) is 5.84 Å². The molecular weight excluding hydrogens is 308 g/mol. The van der Waals surface area contributed by atoms with E-state index in [1.807, 2.05) is 0 Å². The van der Waals surface area contributed by atoms with Crippen LogP contribution in [-0.2, 0) is 9.84 Å². The second-order valence-electron chi connectivity index (χ2n) is 4.14. The maximum atomic E-state index is 12.2. The van der Waals surface area contributed by atoms with E-state index in [0.29, 0.717) is 16.5 Å². The van der Waals surface area contributed by atoms with Crippen molar-refractivity contribution < 1.29 is 8.42 Å². The summed E-state index contributed by atoms with van der Waals surface area (Å²) in [5, 5.41) is 7.90. The predicted molar refractivity (Wildman–Crippen MR) is 82.3 cm³/mol. The molecule has 3 N–H and O–H groups in total. The molecule has 0 saturated carbocycles. The molecule has 0 bridgehead atoms. The third-order valence-electron chi connectivity index (χ3n) is 2.63. The summed E-state index contributed by atoms with van der Waals surface area (Å²) in [5.74, 6) is 0.174. The number of nitrogens with zero attached hydrogens (tertiary/aromatic N) is 2. The molecular formula is C13H14N4O2S2. The molecule has 0 unspecified atom stereocenters. The van der Waals surface area contributed by atoms with Crippen LogP contribution in [0.25, 0.3) is 0 Å². The first-order chi connectivity index (χ1) is 9.99. The van der Waals surface area contributed by atoms with Crippen LogP contribution >= 0.6 is 11.8 Å². The molecule has 21 heavy (non-hydrogen) atoms. The summed E-state index contributed by atoms with van der Waals surface area (Å²) >= 11 is 1.28. The fourth-order valence-electron chi connectivity index (χ4n) is 1.58. The third-order valence-corrected chi connectivity index (χ3v) is 5.48. The number of rotatable bonds is 6. The van der Waals surface area contributed by atoms with Crippen LogP contribution in [-0.4, -0.2) is 35.7 Å². The van der Waals surface area contributed by atoms with Gasteiger partial charge in [0.2, 0.25) is 0 Å². The lowest BCUT2D eigenvalue weighted by Gasteiger charge is -2.06. The predicted octanol–water partition coefficient (Wildman–Crippen LogP) is 1.33. The quantitative estimate of drug-likeness (QED) is 0.359. The zero-order valence-electron chi connectivity index (χ0n) is 11.1. The number of nitrogens with two attached hydrogens (primary N) is 1. The molecule has 0 saturated heterocycles.